The molecule has 2 rings (SSSR count). The Bertz CT molecular complexity index is 3360. The Morgan fingerprint density at radius 2 is 0.936 bits per heavy atom. The summed E-state index contributed by atoms with van der Waals surface area (Å²) in [5.74, 6) is -9.34. The Balaban J connectivity index is 2.62. The van der Waals surface area contributed by atoms with Gasteiger partial charge in [-0.05, 0) is 126 Å². The van der Waals surface area contributed by atoms with Gasteiger partial charge >= 0.3 is 12.1 Å². The largest absolute Gasteiger partial charge is 0.459 e. The molecule has 4 N–H and O–H groups in total. The average molecular weight is 1550 g/mol. The first-order valence-corrected chi connectivity index (χ1v) is 39.4. The highest BCUT2D eigenvalue weighted by molar-refractivity contribution is 8.13. The summed E-state index contributed by atoms with van der Waals surface area (Å²) in [4.78, 5) is 197. The number of thioether (sulfide) groups is 1. The number of nitrogens with one attached hydrogen (secondary N) is 4. The van der Waals surface area contributed by atoms with Gasteiger partial charge in [-0.1, -0.05) is 182 Å². The molecule has 2 aromatic rings. The molecule has 0 saturated carbocycles. The van der Waals surface area contributed by atoms with Crippen LogP contribution in [0, 0.1) is 41.4 Å². The number of hydrogen-bond donors (Lipinski definition) is 4. The van der Waals surface area contributed by atoms with Crippen LogP contribution >= 0.6 is 11.8 Å². The van der Waals surface area contributed by atoms with E-state index in [2.05, 4.69) is 21.3 Å². The lowest BCUT2D eigenvalue weighted by Crippen LogP contribution is -2.64. The normalized spacial score (nSPS) is 15.1. The molecular formula is C82H133N11O15S. The number of likely N-dealkylation sites (N-methyl/N-ethyl adjacent to an activating group) is 7. The van der Waals surface area contributed by atoms with Crippen LogP contribution in [0.25, 0.3) is 0 Å². The van der Waals surface area contributed by atoms with E-state index in [0.717, 1.165) is 39.6 Å². The number of esters is 1. The molecule has 27 heteroatoms. The molecule has 26 nitrogen and oxygen atoms in total. The fraction of sp³-hybridized carbons (Fsp3) is 0.671. The molecule has 0 fully saturated rings. The Kier molecular flexibility index (Phi) is 40.6. The first-order chi connectivity index (χ1) is 50.6. The van der Waals surface area contributed by atoms with Gasteiger partial charge in [-0.2, -0.15) is 0 Å². The SMILES string of the molecule is C/C=C/C[C@@H](C)[C@@H](OC(C)=O)[C@@H](C(=O)N[C@@H](CC)C(=O)N(C)CC(=O)N(C)[C@@H](CC(C)C)C(=O)N[C@H](C(=O)N(C)[C@@H](CC(C)C)C(=O)N[C@@H](C)C(=O)SCc1ccccc1)C(C)C)N(C)C(=O)[C@H](C(C)C)N(C)C(=O)[C@H](CC(C)C)N(C)C(=O)[C@H](CC(C)C)N(C)C(=O)[C@@H](Cc1ccccc1)NC(=O)OC(C)(C)C. The predicted octanol–water partition coefficient (Wildman–Crippen LogP) is 8.92. The zero-order valence-corrected chi connectivity index (χ0v) is 71.2. The molecule has 0 aliphatic rings. The molecule has 0 saturated heterocycles. The van der Waals surface area contributed by atoms with E-state index in [0.29, 0.717) is 5.75 Å². The zero-order valence-electron chi connectivity index (χ0n) is 70.3. The molecule has 0 unspecified atom stereocenters. The summed E-state index contributed by atoms with van der Waals surface area (Å²) in [5, 5.41) is 11.0. The summed E-state index contributed by atoms with van der Waals surface area (Å²) in [6, 6.07) is 6.45. The van der Waals surface area contributed by atoms with E-state index >= 15 is 19.2 Å². The molecule has 2 aromatic carbocycles. The number of allylic oxidation sites excluding steroid dienone is 2. The van der Waals surface area contributed by atoms with Crippen LogP contribution in [0.1, 0.15) is 188 Å². The lowest BCUT2D eigenvalue weighted by Gasteiger charge is -2.42. The summed E-state index contributed by atoms with van der Waals surface area (Å²) >= 11 is 1.07. The van der Waals surface area contributed by atoms with Crippen LogP contribution in [-0.4, -0.2) is 239 Å². The van der Waals surface area contributed by atoms with Crippen molar-refractivity contribution in [3.05, 3.63) is 83.9 Å². The van der Waals surface area contributed by atoms with Crippen molar-refractivity contribution < 1.29 is 71.8 Å². The van der Waals surface area contributed by atoms with Crippen LogP contribution in [-0.2, 0) is 79.2 Å². The number of benzene rings is 2. The van der Waals surface area contributed by atoms with E-state index in [4.69, 9.17) is 9.47 Å². The third kappa shape index (κ3) is 30.8. The molecule has 0 radical (unpaired) electrons. The number of ether oxygens (including phenoxy) is 2. The quantitative estimate of drug-likeness (QED) is 0.0356. The monoisotopic (exact) mass is 1540 g/mol. The van der Waals surface area contributed by atoms with Crippen molar-refractivity contribution in [1.82, 2.24) is 55.6 Å². The third-order valence-corrected chi connectivity index (χ3v) is 20.2. The third-order valence-electron chi connectivity index (χ3n) is 19.1. The van der Waals surface area contributed by atoms with Crippen molar-refractivity contribution in [3.63, 3.8) is 0 Å². The highest BCUT2D eigenvalue weighted by atomic mass is 32.2. The smallest absolute Gasteiger partial charge is 0.408 e. The minimum absolute atomic E-state index is 0.0354. The van der Waals surface area contributed by atoms with Crippen molar-refractivity contribution >= 4 is 88.0 Å². The van der Waals surface area contributed by atoms with Gasteiger partial charge in [0.1, 0.15) is 66.1 Å². The Labute approximate surface area is 654 Å². The number of carbonyl (C=O) groups is 13. The molecule has 0 aliphatic heterocycles. The number of hydrogen-bond acceptors (Lipinski definition) is 16. The maximum absolute atomic E-state index is 15.6. The highest BCUT2D eigenvalue weighted by Gasteiger charge is 2.47. The fourth-order valence-corrected chi connectivity index (χ4v) is 13.7. The average Bonchev–Trinajstić information content (AvgIpc) is 0.785. The molecule has 0 bridgehead atoms. The standard InChI is InChI=1S/C82H133N11O15S/c1-28-30-37-55(15)70(107-57(17)94)69(93(27)79(104)68(54(13)14)92(26)77(102)65(45-52(9)10)91(25)76(101)64(44-51(7)8)90(24)75(100)61(46-58-38-33-31-34-39-58)85-81(106)108-82(18,19)20)73(98)84-60(29-2)74(99)87(21)47-66(95)88(22)62(42-49(3)4)72(97)86-67(53(11)12)78(103)89(23)63(43-50(5)6)71(96)83-56(16)80(105)109-48-59-40-35-32-36-41-59/h28,30-36,38-41,49-56,60-65,67-70H,29,37,42-48H2,1-27H3,(H,83,96)(H,84,98)(H,85,106)(H,86,97)/b30-28+/t55-,56+,60+,61-,62+,63+,64+,65+,67+,68+,69+,70-/m1/s1. The summed E-state index contributed by atoms with van der Waals surface area (Å²) < 4.78 is 11.6. The molecular weight excluding hydrogens is 1410 g/mol. The van der Waals surface area contributed by atoms with Gasteiger partial charge in [-0.15, -0.1) is 0 Å². The molecule has 0 spiro atoms. The molecule has 612 valence electrons. The van der Waals surface area contributed by atoms with Gasteiger partial charge in [0.15, 0.2) is 0 Å². The summed E-state index contributed by atoms with van der Waals surface area (Å²) in [7, 11) is 10.0. The first-order valence-electron chi connectivity index (χ1n) is 38.4. The predicted molar refractivity (Wildman–Crippen MR) is 426 cm³/mol. The zero-order chi connectivity index (χ0) is 83.4. The minimum Gasteiger partial charge on any atom is -0.459 e. The van der Waals surface area contributed by atoms with Crippen molar-refractivity contribution in [2.24, 2.45) is 41.4 Å². The van der Waals surface area contributed by atoms with E-state index in [9.17, 15) is 43.2 Å². The number of rotatable bonds is 42. The van der Waals surface area contributed by atoms with Crippen LogP contribution in [0.3, 0.4) is 0 Å². The fourth-order valence-electron chi connectivity index (χ4n) is 12.9. The van der Waals surface area contributed by atoms with Crippen molar-refractivity contribution in [2.45, 2.75) is 261 Å². The van der Waals surface area contributed by atoms with Crippen molar-refractivity contribution in [2.75, 3.05) is 55.9 Å². The summed E-state index contributed by atoms with van der Waals surface area (Å²) in [5.41, 5.74) is 0.793. The van der Waals surface area contributed by atoms with Crippen LogP contribution in [0.15, 0.2) is 72.8 Å². The second-order valence-electron chi connectivity index (χ2n) is 32.4. The van der Waals surface area contributed by atoms with Gasteiger partial charge < -0.3 is 65.0 Å². The van der Waals surface area contributed by atoms with Crippen LogP contribution in [0.2, 0.25) is 0 Å². The topological polar surface area (TPSA) is 311 Å². The lowest BCUT2D eigenvalue weighted by atomic mass is 9.91. The van der Waals surface area contributed by atoms with Crippen LogP contribution in [0.5, 0.6) is 0 Å². The highest BCUT2D eigenvalue weighted by Crippen LogP contribution is 2.28. The number of carbonyl (C=O) groups excluding carboxylic acids is 13. The second-order valence-corrected chi connectivity index (χ2v) is 33.4. The summed E-state index contributed by atoms with van der Waals surface area (Å²) in [6.07, 6.45) is 2.37. The van der Waals surface area contributed by atoms with Gasteiger partial charge in [0, 0.05) is 68.4 Å². The van der Waals surface area contributed by atoms with Crippen molar-refractivity contribution in [3.8, 4) is 0 Å². The van der Waals surface area contributed by atoms with E-state index in [-0.39, 0.29) is 73.7 Å². The Morgan fingerprint density at radius 1 is 0.486 bits per heavy atom. The van der Waals surface area contributed by atoms with Crippen molar-refractivity contribution in [1.29, 1.82) is 0 Å². The van der Waals surface area contributed by atoms with Crippen LogP contribution < -0.4 is 21.3 Å². The molecule has 0 aromatic heterocycles. The minimum atomic E-state index is -1.65. The number of alkyl carbamates (subject to hydrolysis) is 1. The molecule has 11 amide bonds. The second kappa shape index (κ2) is 45.7. The summed E-state index contributed by atoms with van der Waals surface area (Å²) in [6.45, 7) is 34.4. The van der Waals surface area contributed by atoms with E-state index in [1.165, 1.54) is 73.8 Å². The van der Waals surface area contributed by atoms with Crippen LogP contribution in [0.4, 0.5) is 4.79 Å². The molecule has 0 heterocycles. The van der Waals surface area contributed by atoms with E-state index in [1.807, 2.05) is 122 Å². The molecule has 109 heavy (non-hydrogen) atoms. The van der Waals surface area contributed by atoms with E-state index < -0.39 is 168 Å². The van der Waals surface area contributed by atoms with Gasteiger partial charge in [0.25, 0.3) is 0 Å². The van der Waals surface area contributed by atoms with Gasteiger partial charge in [0.05, 0.1) is 12.6 Å². The molecule has 0 aliphatic carbocycles. The Morgan fingerprint density at radius 3 is 1.39 bits per heavy atom. The first kappa shape index (κ1) is 96.7. The maximum atomic E-state index is 15.6. The Hall–Kier alpha value is -8.36. The maximum Gasteiger partial charge on any atom is 0.408 e. The lowest BCUT2D eigenvalue weighted by molar-refractivity contribution is -0.164. The van der Waals surface area contributed by atoms with Gasteiger partial charge in [-0.3, -0.25) is 57.5 Å². The van der Waals surface area contributed by atoms with Gasteiger partial charge in [0.2, 0.25) is 64.2 Å². The molecule has 12 atom stereocenters. The van der Waals surface area contributed by atoms with E-state index in [1.54, 1.807) is 82.2 Å². The van der Waals surface area contributed by atoms with Gasteiger partial charge in [-0.25, -0.2) is 4.79 Å². The number of nitrogens with zero attached hydrogens (tertiary/aromatic N) is 7. The number of amides is 11.